The molecule has 1 aromatic heterocycles. The van der Waals surface area contributed by atoms with Gasteiger partial charge in [0.1, 0.15) is 0 Å². The molecule has 1 heterocycles. The monoisotopic (exact) mass is 371 g/mol. The van der Waals surface area contributed by atoms with Crippen molar-refractivity contribution in [3.05, 3.63) is 63.2 Å². The molecule has 2 aromatic carbocycles. The summed E-state index contributed by atoms with van der Waals surface area (Å²) in [6.07, 6.45) is 2.00. The Morgan fingerprint density at radius 3 is 2.60 bits per heavy atom. The van der Waals surface area contributed by atoms with Crippen molar-refractivity contribution in [2.24, 2.45) is 0 Å². The van der Waals surface area contributed by atoms with E-state index in [1.165, 1.54) is 4.57 Å². The van der Waals surface area contributed by atoms with E-state index in [1.807, 2.05) is 37.4 Å². The maximum Gasteiger partial charge on any atom is 0.262 e. The number of hydrogen-bond acceptors (Lipinski definition) is 4. The fourth-order valence-electron chi connectivity index (χ4n) is 2.56. The Morgan fingerprint density at radius 1 is 1.24 bits per heavy atom. The molecule has 0 aliphatic rings. The van der Waals surface area contributed by atoms with E-state index in [4.69, 9.17) is 12.2 Å². The van der Waals surface area contributed by atoms with Crippen molar-refractivity contribution in [3.63, 3.8) is 0 Å². The van der Waals surface area contributed by atoms with Gasteiger partial charge >= 0.3 is 0 Å². The first kappa shape index (κ1) is 17.4. The molecular formula is C18H17N3O2S2. The van der Waals surface area contributed by atoms with E-state index < -0.39 is 0 Å². The van der Waals surface area contributed by atoms with E-state index >= 15 is 0 Å². The van der Waals surface area contributed by atoms with Gasteiger partial charge in [-0.15, -0.1) is 11.8 Å². The number of nitrogens with zero attached hydrogens (tertiary/aromatic N) is 1. The second kappa shape index (κ2) is 7.25. The number of benzene rings is 2. The summed E-state index contributed by atoms with van der Waals surface area (Å²) in [5.74, 6) is -0.238. The Bertz CT molecular complexity index is 1050. The third-order valence-electron chi connectivity index (χ3n) is 3.91. The van der Waals surface area contributed by atoms with E-state index in [0.29, 0.717) is 27.8 Å². The number of hydrogen-bond donors (Lipinski definition) is 2. The molecule has 3 rings (SSSR count). The zero-order chi connectivity index (χ0) is 18.0. The van der Waals surface area contributed by atoms with E-state index in [2.05, 4.69) is 10.3 Å². The van der Waals surface area contributed by atoms with Crippen molar-refractivity contribution >= 4 is 46.5 Å². The molecule has 0 unspecified atom stereocenters. The van der Waals surface area contributed by atoms with Crippen molar-refractivity contribution in [2.45, 2.75) is 18.4 Å². The molecule has 0 bridgehead atoms. The maximum absolute atomic E-state index is 12.5. The average molecular weight is 371 g/mol. The number of carbonyl (C=O) groups excluding carboxylic acids is 1. The summed E-state index contributed by atoms with van der Waals surface area (Å²) in [5, 5.41) is 3.37. The lowest BCUT2D eigenvalue weighted by Crippen LogP contribution is -2.21. The lowest BCUT2D eigenvalue weighted by atomic mass is 10.1. The number of carbonyl (C=O) groups is 1. The Morgan fingerprint density at radius 2 is 1.96 bits per heavy atom. The van der Waals surface area contributed by atoms with Crippen LogP contribution >= 0.6 is 24.0 Å². The summed E-state index contributed by atoms with van der Waals surface area (Å²) in [7, 11) is 0. The van der Waals surface area contributed by atoms with Crippen LogP contribution in [0.3, 0.4) is 0 Å². The number of nitrogens with one attached hydrogen (secondary N) is 2. The van der Waals surface area contributed by atoms with Gasteiger partial charge in [-0.1, -0.05) is 0 Å². The minimum absolute atomic E-state index is 0.152. The highest BCUT2D eigenvalue weighted by Gasteiger charge is 2.10. The minimum atomic E-state index is -0.238. The molecule has 2 N–H and O–H groups in total. The maximum atomic E-state index is 12.5. The Balaban J connectivity index is 1.94. The molecule has 3 aromatic rings. The summed E-state index contributed by atoms with van der Waals surface area (Å²) in [5.41, 5.74) is 1.59. The molecule has 25 heavy (non-hydrogen) atoms. The van der Waals surface area contributed by atoms with Gasteiger partial charge in [0.15, 0.2) is 4.77 Å². The van der Waals surface area contributed by atoms with Gasteiger partial charge < -0.3 is 10.3 Å². The van der Waals surface area contributed by atoms with Gasteiger partial charge in [-0.05, 0) is 67.9 Å². The van der Waals surface area contributed by atoms with Gasteiger partial charge in [0.05, 0.1) is 10.9 Å². The molecule has 0 radical (unpaired) electrons. The van der Waals surface area contributed by atoms with Crippen LogP contribution in [0.1, 0.15) is 17.3 Å². The number of H-pyrrole nitrogens is 1. The highest BCUT2D eigenvalue weighted by molar-refractivity contribution is 7.98. The number of aromatic nitrogens is 2. The van der Waals surface area contributed by atoms with Crippen LogP contribution in [0, 0.1) is 4.77 Å². The third-order valence-corrected chi connectivity index (χ3v) is 4.97. The largest absolute Gasteiger partial charge is 0.332 e. The Kier molecular flexibility index (Phi) is 5.06. The summed E-state index contributed by atoms with van der Waals surface area (Å²) >= 11 is 6.85. The quantitative estimate of drug-likeness (QED) is 0.536. The van der Waals surface area contributed by atoms with Crippen LogP contribution in [0.5, 0.6) is 0 Å². The molecule has 0 saturated heterocycles. The topological polar surface area (TPSA) is 66.9 Å². The number of fused-ring (bicyclic) bond motifs is 1. The minimum Gasteiger partial charge on any atom is -0.332 e. The summed E-state index contributed by atoms with van der Waals surface area (Å²) in [6, 6.07) is 12.6. The van der Waals surface area contributed by atoms with Gasteiger partial charge in [-0.3, -0.25) is 14.2 Å². The lowest BCUT2D eigenvalue weighted by molar-refractivity contribution is 0.102. The average Bonchev–Trinajstić information content (AvgIpc) is 2.62. The molecule has 0 atom stereocenters. The zero-order valence-corrected chi connectivity index (χ0v) is 15.5. The van der Waals surface area contributed by atoms with Crippen LogP contribution in [0.4, 0.5) is 5.69 Å². The van der Waals surface area contributed by atoms with Crippen molar-refractivity contribution in [1.29, 1.82) is 0 Å². The van der Waals surface area contributed by atoms with Crippen LogP contribution in [-0.2, 0) is 6.54 Å². The fourth-order valence-corrected chi connectivity index (χ4v) is 3.29. The van der Waals surface area contributed by atoms with Crippen LogP contribution in [0.2, 0.25) is 0 Å². The predicted octanol–water partition coefficient (Wildman–Crippen LogP) is 4.05. The highest BCUT2D eigenvalue weighted by Crippen LogP contribution is 2.18. The van der Waals surface area contributed by atoms with Crippen molar-refractivity contribution < 1.29 is 4.79 Å². The first-order valence-corrected chi connectivity index (χ1v) is 9.39. The standard InChI is InChI=1S/C18H17N3O2S2/c1-3-21-17(23)14-9-4-11(10-15(14)20-18(21)24)16(22)19-12-5-7-13(25-2)8-6-12/h4-10H,3H2,1-2H3,(H,19,22)(H,20,24). The van der Waals surface area contributed by atoms with E-state index in [-0.39, 0.29) is 11.5 Å². The van der Waals surface area contributed by atoms with Gasteiger partial charge in [-0.2, -0.15) is 0 Å². The van der Waals surface area contributed by atoms with E-state index in [0.717, 1.165) is 10.6 Å². The zero-order valence-electron chi connectivity index (χ0n) is 13.8. The van der Waals surface area contributed by atoms with Gasteiger partial charge in [0.2, 0.25) is 0 Å². The SMILES string of the molecule is CCn1c(=S)[nH]c2cc(C(=O)Nc3ccc(SC)cc3)ccc2c1=O. The molecule has 0 aliphatic heterocycles. The van der Waals surface area contributed by atoms with Crippen LogP contribution in [0.25, 0.3) is 10.9 Å². The van der Waals surface area contributed by atoms with Gasteiger partial charge in [0.25, 0.3) is 11.5 Å². The summed E-state index contributed by atoms with van der Waals surface area (Å²) < 4.78 is 1.84. The van der Waals surface area contributed by atoms with Crippen molar-refractivity contribution in [3.8, 4) is 0 Å². The second-order valence-electron chi connectivity index (χ2n) is 5.42. The highest BCUT2D eigenvalue weighted by atomic mass is 32.2. The van der Waals surface area contributed by atoms with Gasteiger partial charge in [0, 0.05) is 22.7 Å². The normalized spacial score (nSPS) is 10.8. The van der Waals surface area contributed by atoms with E-state index in [1.54, 1.807) is 30.0 Å². The molecule has 0 fully saturated rings. The number of anilines is 1. The molecule has 1 amide bonds. The summed E-state index contributed by atoms with van der Waals surface area (Å²) in [4.78, 5) is 29.0. The van der Waals surface area contributed by atoms with Gasteiger partial charge in [-0.25, -0.2) is 0 Å². The number of aromatic amines is 1. The Labute approximate surface area is 154 Å². The molecule has 7 heteroatoms. The molecule has 0 saturated carbocycles. The van der Waals surface area contributed by atoms with Crippen LogP contribution in [0.15, 0.2) is 52.2 Å². The van der Waals surface area contributed by atoms with E-state index in [9.17, 15) is 9.59 Å². The third kappa shape index (κ3) is 3.52. The number of amides is 1. The predicted molar refractivity (Wildman–Crippen MR) is 105 cm³/mol. The first-order chi connectivity index (χ1) is 12.0. The first-order valence-electron chi connectivity index (χ1n) is 7.75. The Hall–Kier alpha value is -2.38. The molecule has 128 valence electrons. The van der Waals surface area contributed by atoms with Crippen LogP contribution in [-0.4, -0.2) is 21.7 Å². The lowest BCUT2D eigenvalue weighted by Gasteiger charge is -2.08. The van der Waals surface area contributed by atoms with Crippen molar-refractivity contribution in [1.82, 2.24) is 9.55 Å². The molecular weight excluding hydrogens is 354 g/mol. The van der Waals surface area contributed by atoms with Crippen molar-refractivity contribution in [2.75, 3.05) is 11.6 Å². The molecule has 5 nitrogen and oxygen atoms in total. The molecule has 0 spiro atoms. The number of rotatable bonds is 4. The van der Waals surface area contributed by atoms with Crippen LogP contribution < -0.4 is 10.9 Å². The fraction of sp³-hybridized carbons (Fsp3) is 0.167. The summed E-state index contributed by atoms with van der Waals surface area (Å²) in [6.45, 7) is 2.36. The second-order valence-corrected chi connectivity index (χ2v) is 6.69. The smallest absolute Gasteiger partial charge is 0.262 e. The number of thioether (sulfide) groups is 1. The molecule has 0 aliphatic carbocycles.